The molecule has 2 aromatic heterocycles. The summed E-state index contributed by atoms with van der Waals surface area (Å²) in [4.78, 5) is 20.2. The number of para-hydroxylation sites is 2. The summed E-state index contributed by atoms with van der Waals surface area (Å²) in [7, 11) is 0. The minimum Gasteiger partial charge on any atom is -0.493 e. The van der Waals surface area contributed by atoms with Crippen LogP contribution in [0.15, 0.2) is 91.1 Å². The van der Waals surface area contributed by atoms with Crippen molar-refractivity contribution in [3.8, 4) is 5.75 Å². The van der Waals surface area contributed by atoms with Crippen LogP contribution in [0.2, 0.25) is 0 Å². The second kappa shape index (κ2) is 10.2. The van der Waals surface area contributed by atoms with E-state index >= 15 is 0 Å². The van der Waals surface area contributed by atoms with Crippen molar-refractivity contribution in [2.45, 2.75) is 39.8 Å². The fourth-order valence-electron chi connectivity index (χ4n) is 6.26. The molecule has 0 radical (unpaired) electrons. The highest BCUT2D eigenvalue weighted by Gasteiger charge is 2.53. The molecule has 0 saturated carbocycles. The Morgan fingerprint density at radius 2 is 1.68 bits per heavy atom. The number of aryl methyl sites for hydroxylation is 1. The quantitative estimate of drug-likeness (QED) is 0.196. The fraction of sp³-hybridized carbons (Fsp3) is 0.235. The highest BCUT2D eigenvalue weighted by Crippen LogP contribution is 2.53. The van der Waals surface area contributed by atoms with Gasteiger partial charge in [-0.05, 0) is 64.1 Å². The highest BCUT2D eigenvalue weighted by molar-refractivity contribution is 5.97. The minimum absolute atomic E-state index is 0.334. The topological polar surface area (TPSA) is 56.6 Å². The van der Waals surface area contributed by atoms with Crippen LogP contribution in [0.5, 0.6) is 5.75 Å². The van der Waals surface area contributed by atoms with Crippen LogP contribution >= 0.6 is 0 Å². The van der Waals surface area contributed by atoms with Gasteiger partial charge in [0.05, 0.1) is 6.61 Å². The van der Waals surface area contributed by atoms with Crippen molar-refractivity contribution in [1.82, 2.24) is 9.55 Å². The van der Waals surface area contributed by atoms with Gasteiger partial charge in [-0.2, -0.15) is 0 Å². The number of fused-ring (bicyclic) bond motifs is 2. The third-order valence-corrected chi connectivity index (χ3v) is 7.87. The van der Waals surface area contributed by atoms with Gasteiger partial charge in [0.2, 0.25) is 0 Å². The van der Waals surface area contributed by atoms with Gasteiger partial charge < -0.3 is 18.9 Å². The number of ether oxygens (including phenoxy) is 2. The SMILES string of the molecule is CCOc1cc(N(CC)c2ccccc2)ccc1C1(c2c(C)n(CC)c3ccccc23)OC(=O)c2ncccc21. The van der Waals surface area contributed by atoms with E-state index in [1.807, 2.05) is 49.4 Å². The number of nitrogens with zero attached hydrogens (tertiary/aromatic N) is 3. The Kier molecular flexibility index (Phi) is 6.54. The number of carbonyl (C=O) groups excluding carboxylic acids is 1. The molecule has 1 atom stereocenters. The van der Waals surface area contributed by atoms with Crippen LogP contribution in [0, 0.1) is 6.92 Å². The molecule has 0 bridgehead atoms. The van der Waals surface area contributed by atoms with Gasteiger partial charge in [0, 0.05) is 70.0 Å². The van der Waals surface area contributed by atoms with E-state index in [2.05, 4.69) is 77.7 Å². The van der Waals surface area contributed by atoms with Gasteiger partial charge >= 0.3 is 5.97 Å². The van der Waals surface area contributed by atoms with E-state index in [4.69, 9.17) is 9.47 Å². The lowest BCUT2D eigenvalue weighted by molar-refractivity contribution is 0.0243. The van der Waals surface area contributed by atoms with Crippen molar-refractivity contribution in [3.05, 3.63) is 119 Å². The fourth-order valence-corrected chi connectivity index (χ4v) is 6.26. The predicted octanol–water partition coefficient (Wildman–Crippen LogP) is 7.38. The first kappa shape index (κ1) is 25.7. The Morgan fingerprint density at radius 3 is 2.42 bits per heavy atom. The number of hydrogen-bond donors (Lipinski definition) is 0. The van der Waals surface area contributed by atoms with Crippen molar-refractivity contribution in [3.63, 3.8) is 0 Å². The van der Waals surface area contributed by atoms with Crippen molar-refractivity contribution in [1.29, 1.82) is 0 Å². The van der Waals surface area contributed by atoms with Gasteiger partial charge in [0.1, 0.15) is 5.75 Å². The number of cyclic esters (lactones) is 1. The molecule has 0 saturated heterocycles. The first-order chi connectivity index (χ1) is 19.5. The number of hydrogen-bond acceptors (Lipinski definition) is 5. The molecule has 1 aliphatic rings. The molecule has 0 amide bonds. The molecule has 1 aliphatic heterocycles. The maximum atomic E-state index is 13.5. The Morgan fingerprint density at radius 1 is 0.900 bits per heavy atom. The maximum Gasteiger partial charge on any atom is 0.358 e. The molecule has 202 valence electrons. The van der Waals surface area contributed by atoms with Crippen molar-refractivity contribution in [2.24, 2.45) is 0 Å². The van der Waals surface area contributed by atoms with Gasteiger partial charge in [-0.1, -0.05) is 42.5 Å². The average molecular weight is 532 g/mol. The van der Waals surface area contributed by atoms with Gasteiger partial charge in [-0.25, -0.2) is 9.78 Å². The highest BCUT2D eigenvalue weighted by atomic mass is 16.6. The van der Waals surface area contributed by atoms with Crippen LogP contribution in [0.3, 0.4) is 0 Å². The third kappa shape index (κ3) is 3.78. The van der Waals surface area contributed by atoms with Crippen molar-refractivity contribution < 1.29 is 14.3 Å². The van der Waals surface area contributed by atoms with Gasteiger partial charge in [0.25, 0.3) is 0 Å². The summed E-state index contributed by atoms with van der Waals surface area (Å²) in [6.45, 7) is 10.4. The summed E-state index contributed by atoms with van der Waals surface area (Å²) < 4.78 is 15.2. The zero-order chi connectivity index (χ0) is 27.9. The number of carbonyl (C=O) groups is 1. The number of pyridine rings is 1. The molecular weight excluding hydrogens is 498 g/mol. The molecule has 3 heterocycles. The van der Waals surface area contributed by atoms with Gasteiger partial charge in [-0.15, -0.1) is 0 Å². The van der Waals surface area contributed by atoms with Gasteiger partial charge in [-0.3, -0.25) is 0 Å². The number of rotatable bonds is 8. The van der Waals surface area contributed by atoms with Crippen molar-refractivity contribution in [2.75, 3.05) is 18.1 Å². The molecule has 40 heavy (non-hydrogen) atoms. The zero-order valence-electron chi connectivity index (χ0n) is 23.3. The maximum absolute atomic E-state index is 13.5. The molecule has 0 spiro atoms. The van der Waals surface area contributed by atoms with E-state index in [1.54, 1.807) is 6.20 Å². The molecule has 6 nitrogen and oxygen atoms in total. The normalized spacial score (nSPS) is 16.1. The summed E-state index contributed by atoms with van der Waals surface area (Å²) in [5, 5.41) is 1.04. The van der Waals surface area contributed by atoms with Gasteiger partial charge in [0.15, 0.2) is 11.3 Å². The Hall–Kier alpha value is -4.58. The summed E-state index contributed by atoms with van der Waals surface area (Å²) in [5.74, 6) is 0.237. The first-order valence-corrected chi connectivity index (χ1v) is 13.9. The van der Waals surface area contributed by atoms with E-state index in [9.17, 15) is 4.79 Å². The number of aromatic nitrogens is 2. The van der Waals surface area contributed by atoms with E-state index in [-0.39, 0.29) is 0 Å². The van der Waals surface area contributed by atoms with Crippen LogP contribution in [-0.4, -0.2) is 28.7 Å². The second-order valence-electron chi connectivity index (χ2n) is 9.89. The summed E-state index contributed by atoms with van der Waals surface area (Å²) >= 11 is 0. The Bertz CT molecular complexity index is 1710. The lowest BCUT2D eigenvalue weighted by atomic mass is 9.78. The molecule has 5 aromatic rings. The van der Waals surface area contributed by atoms with E-state index in [1.165, 1.54) is 0 Å². The molecule has 1 unspecified atom stereocenters. The van der Waals surface area contributed by atoms with Crippen LogP contribution in [0.4, 0.5) is 11.4 Å². The minimum atomic E-state index is -1.22. The van der Waals surface area contributed by atoms with Crippen molar-refractivity contribution >= 4 is 28.2 Å². The van der Waals surface area contributed by atoms with E-state index < -0.39 is 11.6 Å². The number of benzene rings is 3. The molecule has 0 N–H and O–H groups in total. The van der Waals surface area contributed by atoms with Crippen LogP contribution in [0.1, 0.15) is 53.6 Å². The lowest BCUT2D eigenvalue weighted by Crippen LogP contribution is -2.31. The summed E-state index contributed by atoms with van der Waals surface area (Å²) in [6, 6.07) is 28.6. The monoisotopic (exact) mass is 531 g/mol. The summed E-state index contributed by atoms with van der Waals surface area (Å²) in [6.07, 6.45) is 1.64. The van der Waals surface area contributed by atoms with Crippen LogP contribution in [0.25, 0.3) is 10.9 Å². The largest absolute Gasteiger partial charge is 0.493 e. The second-order valence-corrected chi connectivity index (χ2v) is 9.89. The average Bonchev–Trinajstić information content (AvgIpc) is 3.45. The third-order valence-electron chi connectivity index (χ3n) is 7.87. The molecule has 0 aliphatic carbocycles. The lowest BCUT2D eigenvalue weighted by Gasteiger charge is -2.33. The Labute approximate surface area is 234 Å². The predicted molar refractivity (Wildman–Crippen MR) is 159 cm³/mol. The standard InChI is InChI=1S/C34H33N3O3/c1-5-36-23(4)31(26-16-11-12-18-29(26)36)34(28-17-13-21-35-32(28)33(38)40-34)27-20-19-25(22-30(27)39-7-3)37(6-2)24-14-9-8-10-15-24/h8-22H,5-7H2,1-4H3. The molecule has 6 rings (SSSR count). The zero-order valence-corrected chi connectivity index (χ0v) is 23.3. The molecular formula is C34H33N3O3. The summed E-state index contributed by atoms with van der Waals surface area (Å²) in [5.41, 5.74) is 5.79. The molecule has 3 aromatic carbocycles. The molecule has 0 fully saturated rings. The van der Waals surface area contributed by atoms with Crippen LogP contribution in [-0.2, 0) is 16.9 Å². The number of esters is 1. The van der Waals surface area contributed by atoms with E-state index in [0.29, 0.717) is 18.1 Å². The van der Waals surface area contributed by atoms with Crippen LogP contribution < -0.4 is 9.64 Å². The molecule has 6 heteroatoms. The number of anilines is 2. The first-order valence-electron chi connectivity index (χ1n) is 13.9. The van der Waals surface area contributed by atoms with E-state index in [0.717, 1.165) is 57.8 Å². The smallest absolute Gasteiger partial charge is 0.358 e. The Balaban J connectivity index is 1.67.